The highest BCUT2D eigenvalue weighted by atomic mass is 16.4. The summed E-state index contributed by atoms with van der Waals surface area (Å²) >= 11 is 0. The van der Waals surface area contributed by atoms with Crippen LogP contribution in [0.1, 0.15) is 38.5 Å². The molecule has 0 unspecified atom stereocenters. The van der Waals surface area contributed by atoms with Crippen LogP contribution < -0.4 is 0 Å². The Hall–Kier alpha value is -1.13. The Balaban J connectivity index is 2.76. The summed E-state index contributed by atoms with van der Waals surface area (Å²) in [5, 5.41) is 13.0. The zero-order chi connectivity index (χ0) is 10.6. The molecule has 1 fully saturated rings. The molecule has 5 nitrogen and oxygen atoms in total. The Labute approximate surface area is 83.0 Å². The summed E-state index contributed by atoms with van der Waals surface area (Å²) in [5.74, 6) is -0.859. The van der Waals surface area contributed by atoms with Gasteiger partial charge in [0.25, 0.3) is 0 Å². The first-order valence-corrected chi connectivity index (χ1v) is 4.90. The minimum Gasteiger partial charge on any atom is -0.481 e. The van der Waals surface area contributed by atoms with Gasteiger partial charge in [-0.25, -0.2) is 0 Å². The average Bonchev–Trinajstić information content (AvgIpc) is 2.17. The van der Waals surface area contributed by atoms with E-state index in [9.17, 15) is 9.70 Å². The van der Waals surface area contributed by atoms with Crippen molar-refractivity contribution >= 4 is 5.97 Å². The Bertz CT molecular complexity index is 224. The fourth-order valence-electron chi connectivity index (χ4n) is 2.19. The Morgan fingerprint density at radius 2 is 2.00 bits per heavy atom. The number of nitrogens with zero attached hydrogens (tertiary/aromatic N) is 2. The molecule has 0 saturated heterocycles. The molecule has 0 aliphatic heterocycles. The predicted octanol–water partition coefficient (Wildman–Crippen LogP) is 1.78. The van der Waals surface area contributed by atoms with Crippen LogP contribution in [-0.4, -0.2) is 28.7 Å². The van der Waals surface area contributed by atoms with Crippen LogP contribution in [0, 0.1) is 4.91 Å². The molecular formula is C9H16N2O3. The van der Waals surface area contributed by atoms with Crippen LogP contribution in [0.15, 0.2) is 5.29 Å². The molecule has 0 aromatic heterocycles. The number of rotatable bonds is 4. The number of nitroso groups, excluding NO2 is 1. The van der Waals surface area contributed by atoms with Gasteiger partial charge in [-0.1, -0.05) is 19.3 Å². The van der Waals surface area contributed by atoms with Crippen LogP contribution in [0.3, 0.4) is 0 Å². The van der Waals surface area contributed by atoms with Gasteiger partial charge >= 0.3 is 5.97 Å². The molecule has 0 radical (unpaired) electrons. The van der Waals surface area contributed by atoms with Crippen molar-refractivity contribution in [2.75, 3.05) is 7.05 Å². The van der Waals surface area contributed by atoms with Gasteiger partial charge in [0.15, 0.2) is 0 Å². The van der Waals surface area contributed by atoms with E-state index in [4.69, 9.17) is 5.11 Å². The lowest BCUT2D eigenvalue weighted by Crippen LogP contribution is -2.46. The van der Waals surface area contributed by atoms with E-state index >= 15 is 0 Å². The minimum atomic E-state index is -0.859. The smallest absolute Gasteiger partial charge is 0.305 e. The number of aliphatic carboxylic acids is 1. The molecule has 14 heavy (non-hydrogen) atoms. The molecule has 0 aromatic rings. The fraction of sp³-hybridized carbons (Fsp3) is 0.889. The van der Waals surface area contributed by atoms with E-state index in [1.165, 1.54) is 5.01 Å². The van der Waals surface area contributed by atoms with E-state index in [0.717, 1.165) is 32.1 Å². The van der Waals surface area contributed by atoms with Crippen molar-refractivity contribution in [2.45, 2.75) is 44.1 Å². The maximum atomic E-state index is 10.7. The highest BCUT2D eigenvalue weighted by molar-refractivity contribution is 5.68. The van der Waals surface area contributed by atoms with Gasteiger partial charge < -0.3 is 5.11 Å². The van der Waals surface area contributed by atoms with Crippen LogP contribution in [0.25, 0.3) is 0 Å². The molecule has 0 spiro atoms. The first-order chi connectivity index (χ1) is 6.60. The summed E-state index contributed by atoms with van der Waals surface area (Å²) in [4.78, 5) is 21.2. The second-order valence-electron chi connectivity index (χ2n) is 3.96. The Kier molecular flexibility index (Phi) is 3.43. The minimum absolute atomic E-state index is 0.00917. The second kappa shape index (κ2) is 4.39. The van der Waals surface area contributed by atoms with Crippen LogP contribution in [0.4, 0.5) is 0 Å². The third-order valence-corrected chi connectivity index (χ3v) is 3.07. The molecule has 1 rings (SSSR count). The molecule has 0 atom stereocenters. The first-order valence-electron chi connectivity index (χ1n) is 4.90. The summed E-state index contributed by atoms with van der Waals surface area (Å²) < 4.78 is 0. The number of carboxylic acids is 1. The summed E-state index contributed by atoms with van der Waals surface area (Å²) in [6.45, 7) is 0. The van der Waals surface area contributed by atoms with Gasteiger partial charge in [0.05, 0.1) is 17.2 Å². The summed E-state index contributed by atoms with van der Waals surface area (Å²) in [7, 11) is 1.57. The number of carbonyl (C=O) groups is 1. The standard InChI is InChI=1S/C9H16N2O3/c1-11(10-14)9(7-8(12)13)5-3-2-4-6-9/h2-7H2,1H3,(H,12,13). The number of hydrogen-bond acceptors (Lipinski definition) is 3. The van der Waals surface area contributed by atoms with Crippen LogP contribution in [-0.2, 0) is 4.79 Å². The topological polar surface area (TPSA) is 70.0 Å². The fourth-order valence-corrected chi connectivity index (χ4v) is 2.19. The molecule has 0 bridgehead atoms. The summed E-state index contributed by atoms with van der Waals surface area (Å²) in [6.07, 6.45) is 4.59. The van der Waals surface area contributed by atoms with Crippen molar-refractivity contribution in [1.82, 2.24) is 5.01 Å². The molecule has 5 heteroatoms. The zero-order valence-electron chi connectivity index (χ0n) is 8.40. The van der Waals surface area contributed by atoms with E-state index < -0.39 is 11.5 Å². The van der Waals surface area contributed by atoms with Gasteiger partial charge in [-0.3, -0.25) is 9.80 Å². The second-order valence-corrected chi connectivity index (χ2v) is 3.96. The molecule has 0 heterocycles. The van der Waals surface area contributed by atoms with Crippen molar-refractivity contribution in [3.05, 3.63) is 4.91 Å². The highest BCUT2D eigenvalue weighted by Crippen LogP contribution is 2.35. The zero-order valence-corrected chi connectivity index (χ0v) is 8.40. The monoisotopic (exact) mass is 200 g/mol. The van der Waals surface area contributed by atoms with Gasteiger partial charge in [-0.05, 0) is 12.8 Å². The van der Waals surface area contributed by atoms with Crippen LogP contribution in [0.5, 0.6) is 0 Å². The van der Waals surface area contributed by atoms with Gasteiger partial charge in [0, 0.05) is 7.05 Å². The van der Waals surface area contributed by atoms with Crippen molar-refractivity contribution in [1.29, 1.82) is 0 Å². The van der Waals surface area contributed by atoms with Crippen molar-refractivity contribution in [3.8, 4) is 0 Å². The molecule has 80 valence electrons. The quantitative estimate of drug-likeness (QED) is 0.554. The third kappa shape index (κ3) is 2.21. The summed E-state index contributed by atoms with van der Waals surface area (Å²) in [6, 6.07) is 0. The van der Waals surface area contributed by atoms with Crippen molar-refractivity contribution < 1.29 is 9.90 Å². The summed E-state index contributed by atoms with van der Waals surface area (Å²) in [5.41, 5.74) is -0.536. The van der Waals surface area contributed by atoms with E-state index in [-0.39, 0.29) is 6.42 Å². The molecule has 1 aliphatic carbocycles. The van der Waals surface area contributed by atoms with Gasteiger partial charge in [0.1, 0.15) is 0 Å². The number of hydrogen-bond donors (Lipinski definition) is 1. The lowest BCUT2D eigenvalue weighted by molar-refractivity contribution is -0.141. The molecule has 0 aromatic carbocycles. The van der Waals surface area contributed by atoms with Crippen LogP contribution in [0.2, 0.25) is 0 Å². The predicted molar refractivity (Wildman–Crippen MR) is 51.6 cm³/mol. The SMILES string of the molecule is CN(N=O)C1(CC(=O)O)CCCCC1. The highest BCUT2D eigenvalue weighted by Gasteiger charge is 2.38. The maximum absolute atomic E-state index is 10.7. The maximum Gasteiger partial charge on any atom is 0.305 e. The van der Waals surface area contributed by atoms with Crippen LogP contribution >= 0.6 is 0 Å². The Morgan fingerprint density at radius 1 is 1.43 bits per heavy atom. The lowest BCUT2D eigenvalue weighted by atomic mass is 9.79. The average molecular weight is 200 g/mol. The van der Waals surface area contributed by atoms with Gasteiger partial charge in [-0.2, -0.15) is 0 Å². The lowest BCUT2D eigenvalue weighted by Gasteiger charge is -2.40. The van der Waals surface area contributed by atoms with Gasteiger partial charge in [0.2, 0.25) is 0 Å². The van der Waals surface area contributed by atoms with E-state index in [0.29, 0.717) is 0 Å². The van der Waals surface area contributed by atoms with E-state index in [2.05, 4.69) is 5.29 Å². The van der Waals surface area contributed by atoms with E-state index in [1.54, 1.807) is 7.05 Å². The largest absolute Gasteiger partial charge is 0.481 e. The molecule has 1 saturated carbocycles. The third-order valence-electron chi connectivity index (χ3n) is 3.07. The molecule has 0 amide bonds. The Morgan fingerprint density at radius 3 is 2.43 bits per heavy atom. The molecule has 1 aliphatic rings. The number of carboxylic acid groups (broad SMARTS) is 1. The van der Waals surface area contributed by atoms with Crippen molar-refractivity contribution in [2.24, 2.45) is 5.29 Å². The molecular weight excluding hydrogens is 184 g/mol. The first kappa shape index (κ1) is 10.9. The van der Waals surface area contributed by atoms with Crippen molar-refractivity contribution in [3.63, 3.8) is 0 Å². The van der Waals surface area contributed by atoms with Gasteiger partial charge in [-0.15, -0.1) is 4.91 Å². The molecule has 1 N–H and O–H groups in total. The van der Waals surface area contributed by atoms with E-state index in [1.807, 2.05) is 0 Å². The normalized spacial score (nSPS) is 20.1.